The molecule has 0 aliphatic rings. The van der Waals surface area contributed by atoms with Crippen LogP contribution in [0.15, 0.2) is 12.3 Å². The van der Waals surface area contributed by atoms with Gasteiger partial charge in [-0.15, -0.1) is 0 Å². The van der Waals surface area contributed by atoms with Gasteiger partial charge in [-0.05, 0) is 36.8 Å². The molecule has 1 rings (SSSR count). The normalized spacial score (nSPS) is 14.6. The number of rotatable bonds is 7. The Morgan fingerprint density at radius 2 is 1.94 bits per heavy atom. The molecule has 0 spiro atoms. The summed E-state index contributed by atoms with van der Waals surface area (Å²) in [4.78, 5) is 0. The lowest BCUT2D eigenvalue weighted by Crippen LogP contribution is -2.22. The fourth-order valence-corrected chi connectivity index (χ4v) is 2.48. The predicted molar refractivity (Wildman–Crippen MR) is 73.2 cm³/mol. The summed E-state index contributed by atoms with van der Waals surface area (Å²) in [6.45, 7) is 8.97. The van der Waals surface area contributed by atoms with Gasteiger partial charge in [-0.25, -0.2) is 0 Å². The van der Waals surface area contributed by atoms with Gasteiger partial charge in [0.2, 0.25) is 0 Å². The maximum absolute atomic E-state index is 4.19. The SMILES string of the molecule is CCCCCCC(C)(CC)c1ccnnc1C. The lowest BCUT2D eigenvalue weighted by Gasteiger charge is -2.29. The molecule has 0 N–H and O–H groups in total. The molecule has 1 aromatic rings. The first-order valence-electron chi connectivity index (χ1n) is 6.93. The summed E-state index contributed by atoms with van der Waals surface area (Å²) in [7, 11) is 0. The number of unbranched alkanes of at least 4 members (excludes halogenated alkanes) is 3. The molecule has 0 aromatic carbocycles. The lowest BCUT2D eigenvalue weighted by molar-refractivity contribution is 0.392. The summed E-state index contributed by atoms with van der Waals surface area (Å²) in [6.07, 6.45) is 9.58. The molecule has 1 unspecified atom stereocenters. The Balaban J connectivity index is 2.71. The molecule has 0 amide bonds. The van der Waals surface area contributed by atoms with Crippen molar-refractivity contribution in [3.8, 4) is 0 Å². The number of aryl methyl sites for hydroxylation is 1. The molecule has 1 heterocycles. The van der Waals surface area contributed by atoms with E-state index in [4.69, 9.17) is 0 Å². The molecular formula is C15H26N2. The van der Waals surface area contributed by atoms with E-state index in [2.05, 4.69) is 44.0 Å². The molecule has 0 aliphatic heterocycles. The topological polar surface area (TPSA) is 25.8 Å². The standard InChI is InChI=1S/C15H26N2/c1-5-7-8-9-11-15(4,6-2)14-10-12-16-17-13(14)3/h10,12H,5-9,11H2,1-4H3. The van der Waals surface area contributed by atoms with Gasteiger partial charge in [0.05, 0.1) is 5.69 Å². The van der Waals surface area contributed by atoms with Gasteiger partial charge < -0.3 is 0 Å². The van der Waals surface area contributed by atoms with E-state index < -0.39 is 0 Å². The molecule has 96 valence electrons. The van der Waals surface area contributed by atoms with Crippen LogP contribution in [0.25, 0.3) is 0 Å². The van der Waals surface area contributed by atoms with Crippen molar-refractivity contribution in [2.24, 2.45) is 0 Å². The summed E-state index contributed by atoms with van der Waals surface area (Å²) in [6, 6.07) is 2.14. The van der Waals surface area contributed by atoms with Gasteiger partial charge in [-0.2, -0.15) is 10.2 Å². The fraction of sp³-hybridized carbons (Fsp3) is 0.733. The van der Waals surface area contributed by atoms with Gasteiger partial charge in [-0.3, -0.25) is 0 Å². The molecule has 0 saturated heterocycles. The highest BCUT2D eigenvalue weighted by Gasteiger charge is 2.26. The van der Waals surface area contributed by atoms with Crippen LogP contribution in [0.2, 0.25) is 0 Å². The van der Waals surface area contributed by atoms with Crippen LogP contribution in [0.5, 0.6) is 0 Å². The quantitative estimate of drug-likeness (QED) is 0.652. The third-order valence-corrected chi connectivity index (χ3v) is 3.92. The number of hydrogen-bond acceptors (Lipinski definition) is 2. The van der Waals surface area contributed by atoms with Gasteiger partial charge in [0.15, 0.2) is 0 Å². The largest absolute Gasteiger partial charge is 0.159 e. The highest BCUT2D eigenvalue weighted by molar-refractivity contribution is 5.25. The van der Waals surface area contributed by atoms with E-state index in [1.807, 2.05) is 6.20 Å². The van der Waals surface area contributed by atoms with Crippen LogP contribution in [-0.4, -0.2) is 10.2 Å². The van der Waals surface area contributed by atoms with Crippen LogP contribution in [0, 0.1) is 6.92 Å². The van der Waals surface area contributed by atoms with E-state index in [-0.39, 0.29) is 5.41 Å². The Kier molecular flexibility index (Phi) is 5.60. The van der Waals surface area contributed by atoms with Gasteiger partial charge in [-0.1, -0.05) is 46.5 Å². The lowest BCUT2D eigenvalue weighted by atomic mass is 9.75. The second-order valence-corrected chi connectivity index (χ2v) is 5.26. The monoisotopic (exact) mass is 234 g/mol. The highest BCUT2D eigenvalue weighted by atomic mass is 15.1. The van der Waals surface area contributed by atoms with E-state index in [0.29, 0.717) is 0 Å². The van der Waals surface area contributed by atoms with Crippen LogP contribution < -0.4 is 0 Å². The van der Waals surface area contributed by atoms with Gasteiger partial charge >= 0.3 is 0 Å². The minimum Gasteiger partial charge on any atom is -0.159 e. The van der Waals surface area contributed by atoms with E-state index in [1.54, 1.807) is 0 Å². The van der Waals surface area contributed by atoms with Crippen molar-refractivity contribution >= 4 is 0 Å². The zero-order chi connectivity index (χ0) is 12.7. The second-order valence-electron chi connectivity index (χ2n) is 5.26. The third kappa shape index (κ3) is 3.79. The van der Waals surface area contributed by atoms with E-state index >= 15 is 0 Å². The Hall–Kier alpha value is -0.920. The molecule has 0 fully saturated rings. The Labute approximate surface area is 106 Å². The van der Waals surface area contributed by atoms with Crippen LogP contribution >= 0.6 is 0 Å². The average molecular weight is 234 g/mol. The van der Waals surface area contributed by atoms with Crippen molar-refractivity contribution in [2.45, 2.75) is 71.6 Å². The van der Waals surface area contributed by atoms with Crippen LogP contribution in [-0.2, 0) is 5.41 Å². The molecule has 0 bridgehead atoms. The van der Waals surface area contributed by atoms with Gasteiger partial charge in [0, 0.05) is 6.20 Å². The summed E-state index contributed by atoms with van der Waals surface area (Å²) < 4.78 is 0. The van der Waals surface area contributed by atoms with Crippen LogP contribution in [0.3, 0.4) is 0 Å². The first kappa shape index (κ1) is 14.1. The van der Waals surface area contributed by atoms with Crippen molar-refractivity contribution in [3.63, 3.8) is 0 Å². The summed E-state index contributed by atoms with van der Waals surface area (Å²) >= 11 is 0. The van der Waals surface area contributed by atoms with E-state index in [1.165, 1.54) is 44.1 Å². The zero-order valence-electron chi connectivity index (χ0n) is 11.8. The Bertz CT molecular complexity index is 335. The fourth-order valence-electron chi connectivity index (χ4n) is 2.48. The van der Waals surface area contributed by atoms with E-state index in [9.17, 15) is 0 Å². The maximum Gasteiger partial charge on any atom is 0.0637 e. The predicted octanol–water partition coefficient (Wildman–Crippen LogP) is 4.42. The molecule has 0 saturated carbocycles. The molecule has 17 heavy (non-hydrogen) atoms. The van der Waals surface area contributed by atoms with Crippen LogP contribution in [0.1, 0.15) is 70.6 Å². The molecule has 1 atom stereocenters. The molecule has 2 nitrogen and oxygen atoms in total. The minimum atomic E-state index is 0.272. The average Bonchev–Trinajstić information content (AvgIpc) is 2.35. The molecular weight excluding hydrogens is 208 g/mol. The van der Waals surface area contributed by atoms with Crippen LogP contribution in [0.4, 0.5) is 0 Å². The summed E-state index contributed by atoms with van der Waals surface area (Å²) in [5.74, 6) is 0. The zero-order valence-corrected chi connectivity index (χ0v) is 11.8. The number of nitrogens with zero attached hydrogens (tertiary/aromatic N) is 2. The molecule has 0 radical (unpaired) electrons. The van der Waals surface area contributed by atoms with Crippen molar-refractivity contribution in [2.75, 3.05) is 0 Å². The van der Waals surface area contributed by atoms with Gasteiger partial charge in [0.25, 0.3) is 0 Å². The number of hydrogen-bond donors (Lipinski definition) is 0. The van der Waals surface area contributed by atoms with Crippen molar-refractivity contribution in [1.82, 2.24) is 10.2 Å². The van der Waals surface area contributed by atoms with Crippen molar-refractivity contribution < 1.29 is 0 Å². The Morgan fingerprint density at radius 3 is 2.53 bits per heavy atom. The molecule has 2 heteroatoms. The molecule has 0 aliphatic carbocycles. The maximum atomic E-state index is 4.19. The smallest absolute Gasteiger partial charge is 0.0637 e. The third-order valence-electron chi connectivity index (χ3n) is 3.92. The summed E-state index contributed by atoms with van der Waals surface area (Å²) in [5.41, 5.74) is 2.74. The first-order valence-corrected chi connectivity index (χ1v) is 6.93. The van der Waals surface area contributed by atoms with Crippen molar-refractivity contribution in [1.29, 1.82) is 0 Å². The van der Waals surface area contributed by atoms with Gasteiger partial charge in [0.1, 0.15) is 0 Å². The minimum absolute atomic E-state index is 0.272. The first-order chi connectivity index (χ1) is 8.14. The van der Waals surface area contributed by atoms with Crippen molar-refractivity contribution in [3.05, 3.63) is 23.5 Å². The van der Waals surface area contributed by atoms with E-state index in [0.717, 1.165) is 5.69 Å². The molecule has 1 aromatic heterocycles. The second kappa shape index (κ2) is 6.73. The number of aromatic nitrogens is 2. The Morgan fingerprint density at radius 1 is 1.18 bits per heavy atom. The highest BCUT2D eigenvalue weighted by Crippen LogP contribution is 2.34. The summed E-state index contributed by atoms with van der Waals surface area (Å²) in [5, 5.41) is 8.14.